The number of carbonyl (C=O) groups excluding carboxylic acids is 1. The highest BCUT2D eigenvalue weighted by Gasteiger charge is 2.21. The third-order valence-electron chi connectivity index (χ3n) is 3.59. The van der Waals surface area contributed by atoms with Crippen molar-refractivity contribution in [2.24, 2.45) is 11.8 Å². The lowest BCUT2D eigenvalue weighted by Crippen LogP contribution is -2.47. The van der Waals surface area contributed by atoms with Gasteiger partial charge in [-0.05, 0) is 31.1 Å². The van der Waals surface area contributed by atoms with Crippen LogP contribution in [0.1, 0.15) is 52.4 Å². The van der Waals surface area contributed by atoms with E-state index < -0.39 is 12.0 Å². The minimum atomic E-state index is -0.971. The highest BCUT2D eigenvalue weighted by molar-refractivity contribution is 5.82. The quantitative estimate of drug-likeness (QED) is 0.693. The van der Waals surface area contributed by atoms with Crippen molar-refractivity contribution in [3.05, 3.63) is 0 Å². The fourth-order valence-corrected chi connectivity index (χ4v) is 2.53. The molecular weight excluding hydrogens is 244 g/mol. The molecule has 19 heavy (non-hydrogen) atoms. The van der Waals surface area contributed by atoms with Crippen LogP contribution in [-0.2, 0) is 4.79 Å². The summed E-state index contributed by atoms with van der Waals surface area (Å²) < 4.78 is 0. The molecule has 0 bridgehead atoms. The molecule has 1 atom stereocenters. The maximum absolute atomic E-state index is 11.7. The number of carboxylic acids is 1. The van der Waals surface area contributed by atoms with Crippen LogP contribution in [0.5, 0.6) is 0 Å². The first-order chi connectivity index (χ1) is 8.99. The number of hydrogen-bond acceptors (Lipinski definition) is 2. The van der Waals surface area contributed by atoms with Crippen molar-refractivity contribution >= 4 is 12.0 Å². The summed E-state index contributed by atoms with van der Waals surface area (Å²) in [6.07, 6.45) is 6.53. The highest BCUT2D eigenvalue weighted by Crippen LogP contribution is 2.22. The first kappa shape index (κ1) is 15.8. The first-order valence-electron chi connectivity index (χ1n) is 7.26. The molecule has 0 heterocycles. The Labute approximate surface area is 115 Å². The smallest absolute Gasteiger partial charge is 0.326 e. The summed E-state index contributed by atoms with van der Waals surface area (Å²) in [4.78, 5) is 22.7. The second-order valence-corrected chi connectivity index (χ2v) is 5.88. The Bertz CT molecular complexity index is 299. The van der Waals surface area contributed by atoms with Gasteiger partial charge in [-0.2, -0.15) is 0 Å². The fraction of sp³-hybridized carbons (Fsp3) is 0.857. The van der Waals surface area contributed by atoms with Gasteiger partial charge in [0.05, 0.1) is 0 Å². The lowest BCUT2D eigenvalue weighted by Gasteiger charge is -2.22. The number of amides is 2. The van der Waals surface area contributed by atoms with Gasteiger partial charge < -0.3 is 15.7 Å². The molecule has 1 fully saturated rings. The minimum absolute atomic E-state index is 0.236. The average molecular weight is 270 g/mol. The van der Waals surface area contributed by atoms with Crippen LogP contribution < -0.4 is 10.6 Å². The lowest BCUT2D eigenvalue weighted by molar-refractivity contribution is -0.139. The maximum atomic E-state index is 11.7. The fourth-order valence-electron chi connectivity index (χ4n) is 2.53. The molecule has 5 heteroatoms. The summed E-state index contributed by atoms with van der Waals surface area (Å²) in [5.41, 5.74) is 0. The Kier molecular flexibility index (Phi) is 6.67. The molecule has 0 radical (unpaired) electrons. The van der Waals surface area contributed by atoms with Crippen molar-refractivity contribution < 1.29 is 14.7 Å². The van der Waals surface area contributed by atoms with Crippen LogP contribution in [0.3, 0.4) is 0 Å². The number of urea groups is 1. The first-order valence-corrected chi connectivity index (χ1v) is 7.26. The van der Waals surface area contributed by atoms with Crippen LogP contribution in [0.15, 0.2) is 0 Å². The normalized spacial score (nSPS) is 18.1. The van der Waals surface area contributed by atoms with Crippen molar-refractivity contribution in [2.45, 2.75) is 58.4 Å². The van der Waals surface area contributed by atoms with E-state index in [0.717, 1.165) is 12.8 Å². The van der Waals surface area contributed by atoms with Crippen LogP contribution in [0.4, 0.5) is 4.79 Å². The number of carboxylic acid groups (broad SMARTS) is 1. The van der Waals surface area contributed by atoms with E-state index in [0.29, 0.717) is 18.9 Å². The summed E-state index contributed by atoms with van der Waals surface area (Å²) in [6, 6.07) is -1.16. The van der Waals surface area contributed by atoms with E-state index in [-0.39, 0.29) is 11.9 Å². The summed E-state index contributed by atoms with van der Waals surface area (Å²) in [7, 11) is 0. The predicted octanol–water partition coefficient (Wildman–Crippen LogP) is 2.37. The molecule has 1 saturated carbocycles. The molecule has 0 unspecified atom stereocenters. The zero-order valence-electron chi connectivity index (χ0n) is 11.9. The third kappa shape index (κ3) is 6.45. The van der Waals surface area contributed by atoms with E-state index in [1.165, 1.54) is 19.3 Å². The van der Waals surface area contributed by atoms with Gasteiger partial charge in [0.15, 0.2) is 0 Å². The third-order valence-corrected chi connectivity index (χ3v) is 3.59. The van der Waals surface area contributed by atoms with E-state index in [1.807, 2.05) is 13.8 Å². The molecule has 110 valence electrons. The van der Waals surface area contributed by atoms with Gasteiger partial charge >= 0.3 is 12.0 Å². The van der Waals surface area contributed by atoms with Crippen LogP contribution in [0, 0.1) is 11.8 Å². The summed E-state index contributed by atoms with van der Waals surface area (Å²) in [5, 5.41) is 14.4. The van der Waals surface area contributed by atoms with E-state index in [2.05, 4.69) is 10.6 Å². The standard InChI is InChI=1S/C14H26N2O3/c1-10(2)8-12(13(17)18)16-14(19)15-9-11-6-4-3-5-7-11/h10-12H,3-9H2,1-2H3,(H,17,18)(H2,15,16,19)/t12-/m1/s1. The number of nitrogens with one attached hydrogen (secondary N) is 2. The second-order valence-electron chi connectivity index (χ2n) is 5.88. The summed E-state index contributed by atoms with van der Waals surface area (Å²) in [5.74, 6) is -0.186. The van der Waals surface area contributed by atoms with Gasteiger partial charge in [-0.15, -0.1) is 0 Å². The Balaban J connectivity index is 2.29. The molecule has 1 aliphatic carbocycles. The van der Waals surface area contributed by atoms with Crippen molar-refractivity contribution in [1.82, 2.24) is 10.6 Å². The molecule has 0 aliphatic heterocycles. The van der Waals surface area contributed by atoms with Crippen LogP contribution in [0.25, 0.3) is 0 Å². The molecule has 1 rings (SSSR count). The van der Waals surface area contributed by atoms with E-state index >= 15 is 0 Å². The second kappa shape index (κ2) is 8.02. The molecule has 1 aliphatic rings. The Morgan fingerprint density at radius 2 is 1.84 bits per heavy atom. The van der Waals surface area contributed by atoms with Gasteiger partial charge in [0, 0.05) is 6.54 Å². The van der Waals surface area contributed by atoms with Crippen LogP contribution in [0.2, 0.25) is 0 Å². The number of aliphatic carboxylic acids is 1. The van der Waals surface area contributed by atoms with Crippen molar-refractivity contribution in [3.8, 4) is 0 Å². The van der Waals surface area contributed by atoms with Crippen molar-refractivity contribution in [1.29, 1.82) is 0 Å². The summed E-state index contributed by atoms with van der Waals surface area (Å²) >= 11 is 0. The number of hydrogen-bond donors (Lipinski definition) is 3. The molecule has 0 aromatic heterocycles. The number of carbonyl (C=O) groups is 2. The molecule has 0 aromatic rings. The molecule has 5 nitrogen and oxygen atoms in total. The number of rotatable bonds is 6. The van der Waals surface area contributed by atoms with Gasteiger partial charge in [-0.3, -0.25) is 0 Å². The Morgan fingerprint density at radius 1 is 1.21 bits per heavy atom. The molecule has 0 spiro atoms. The SMILES string of the molecule is CC(C)C[C@@H](NC(=O)NCC1CCCCC1)C(=O)O. The highest BCUT2D eigenvalue weighted by atomic mass is 16.4. The monoisotopic (exact) mass is 270 g/mol. The minimum Gasteiger partial charge on any atom is -0.480 e. The van der Waals surface area contributed by atoms with Gasteiger partial charge in [0.2, 0.25) is 0 Å². The molecule has 3 N–H and O–H groups in total. The van der Waals surface area contributed by atoms with Gasteiger partial charge in [-0.1, -0.05) is 33.1 Å². The zero-order chi connectivity index (χ0) is 14.3. The van der Waals surface area contributed by atoms with Crippen molar-refractivity contribution in [3.63, 3.8) is 0 Å². The Hall–Kier alpha value is -1.26. The van der Waals surface area contributed by atoms with Crippen LogP contribution >= 0.6 is 0 Å². The lowest BCUT2D eigenvalue weighted by atomic mass is 9.89. The van der Waals surface area contributed by atoms with E-state index in [1.54, 1.807) is 0 Å². The molecule has 0 aromatic carbocycles. The van der Waals surface area contributed by atoms with Gasteiger partial charge in [0.1, 0.15) is 6.04 Å². The van der Waals surface area contributed by atoms with E-state index in [9.17, 15) is 9.59 Å². The average Bonchev–Trinajstić information content (AvgIpc) is 2.36. The van der Waals surface area contributed by atoms with E-state index in [4.69, 9.17) is 5.11 Å². The predicted molar refractivity (Wildman–Crippen MR) is 74.0 cm³/mol. The van der Waals surface area contributed by atoms with Gasteiger partial charge in [-0.25, -0.2) is 9.59 Å². The van der Waals surface area contributed by atoms with Crippen molar-refractivity contribution in [2.75, 3.05) is 6.54 Å². The topological polar surface area (TPSA) is 78.4 Å². The largest absolute Gasteiger partial charge is 0.480 e. The maximum Gasteiger partial charge on any atom is 0.326 e. The summed E-state index contributed by atoms with van der Waals surface area (Å²) in [6.45, 7) is 4.54. The zero-order valence-corrected chi connectivity index (χ0v) is 11.9. The molecular formula is C14H26N2O3. The Morgan fingerprint density at radius 3 is 2.37 bits per heavy atom. The molecule has 2 amide bonds. The van der Waals surface area contributed by atoms with Gasteiger partial charge in [0.25, 0.3) is 0 Å². The van der Waals surface area contributed by atoms with Crippen LogP contribution in [-0.4, -0.2) is 29.7 Å². The molecule has 0 saturated heterocycles.